The smallest absolute Gasteiger partial charge is 0.305 e. The van der Waals surface area contributed by atoms with E-state index in [9.17, 15) is 14.4 Å². The second kappa shape index (κ2) is 9.70. The molecule has 138 valence electrons. The molecule has 0 saturated heterocycles. The molecule has 6 heteroatoms. The molecule has 0 atom stereocenters. The van der Waals surface area contributed by atoms with Crippen LogP contribution in [0.4, 0.5) is 0 Å². The molecule has 0 radical (unpaired) electrons. The molecule has 0 spiro atoms. The van der Waals surface area contributed by atoms with Crippen LogP contribution in [0.2, 0.25) is 0 Å². The van der Waals surface area contributed by atoms with Crippen LogP contribution < -0.4 is 0 Å². The van der Waals surface area contributed by atoms with E-state index < -0.39 is 5.41 Å². The highest BCUT2D eigenvalue weighted by atomic mass is 79.9. The predicted octanol–water partition coefficient (Wildman–Crippen LogP) is 4.11. The van der Waals surface area contributed by atoms with Crippen LogP contribution in [0, 0.1) is 5.41 Å². The Bertz CT molecular complexity index is 619. The quantitative estimate of drug-likeness (QED) is 0.657. The number of hydrogen-bond donors (Lipinski definition) is 0. The van der Waals surface area contributed by atoms with Crippen molar-refractivity contribution in [2.24, 2.45) is 5.41 Å². The molecule has 0 amide bonds. The van der Waals surface area contributed by atoms with Crippen molar-refractivity contribution in [3.05, 3.63) is 33.8 Å². The van der Waals surface area contributed by atoms with Crippen molar-refractivity contribution in [3.63, 3.8) is 0 Å². The number of carbonyl (C=O) groups is 3. The molecule has 1 aromatic rings. The van der Waals surface area contributed by atoms with E-state index in [0.29, 0.717) is 24.8 Å². The van der Waals surface area contributed by atoms with Crippen molar-refractivity contribution in [2.75, 3.05) is 14.2 Å². The summed E-state index contributed by atoms with van der Waals surface area (Å²) in [5, 5.41) is 0. The van der Waals surface area contributed by atoms with Gasteiger partial charge in [-0.3, -0.25) is 14.4 Å². The molecule has 0 aromatic heterocycles. The highest BCUT2D eigenvalue weighted by Gasteiger charge is 2.45. The minimum atomic E-state index is -0.745. The molecule has 0 aliphatic heterocycles. The summed E-state index contributed by atoms with van der Waals surface area (Å²) < 4.78 is 10.2. The monoisotopic (exact) mass is 412 g/mol. The summed E-state index contributed by atoms with van der Waals surface area (Å²) >= 11 is 3.38. The number of ketones is 1. The van der Waals surface area contributed by atoms with Gasteiger partial charge < -0.3 is 9.47 Å². The third kappa shape index (κ3) is 5.14. The lowest BCUT2D eigenvalue weighted by atomic mass is 9.75. The van der Waals surface area contributed by atoms with E-state index >= 15 is 0 Å². The van der Waals surface area contributed by atoms with Crippen LogP contribution >= 0.6 is 15.9 Å². The first kappa shape index (κ1) is 21.4. The first-order valence-corrected chi connectivity index (χ1v) is 9.18. The molecule has 25 heavy (non-hydrogen) atoms. The molecular weight excluding hydrogens is 388 g/mol. The zero-order valence-corrected chi connectivity index (χ0v) is 16.8. The van der Waals surface area contributed by atoms with Gasteiger partial charge in [0.05, 0.1) is 14.2 Å². The fraction of sp³-hybridized carbons (Fsp3) is 0.526. The number of esters is 2. The molecule has 0 saturated carbocycles. The molecule has 0 unspecified atom stereocenters. The van der Waals surface area contributed by atoms with E-state index in [1.54, 1.807) is 6.07 Å². The Morgan fingerprint density at radius 3 is 2.08 bits per heavy atom. The second-order valence-corrected chi connectivity index (χ2v) is 6.66. The molecule has 1 aromatic carbocycles. The van der Waals surface area contributed by atoms with Crippen LogP contribution in [-0.2, 0) is 25.5 Å². The van der Waals surface area contributed by atoms with E-state index in [1.807, 2.05) is 26.0 Å². The van der Waals surface area contributed by atoms with Gasteiger partial charge in [0.25, 0.3) is 0 Å². The summed E-state index contributed by atoms with van der Waals surface area (Å²) in [5.74, 6) is -0.721. The fourth-order valence-corrected chi connectivity index (χ4v) is 3.42. The number of ether oxygens (including phenoxy) is 2. The molecule has 0 fully saturated rings. The Hall–Kier alpha value is -1.69. The number of methoxy groups -OCH3 is 2. The van der Waals surface area contributed by atoms with Crippen LogP contribution in [0.15, 0.2) is 22.7 Å². The van der Waals surface area contributed by atoms with Gasteiger partial charge >= 0.3 is 11.9 Å². The first-order valence-electron chi connectivity index (χ1n) is 8.39. The van der Waals surface area contributed by atoms with Gasteiger partial charge in [0.15, 0.2) is 5.78 Å². The number of halogens is 1. The number of benzene rings is 1. The third-order valence-electron chi connectivity index (χ3n) is 4.40. The number of Topliss-reactive ketones (excluding diaryl/α,β-unsaturated/α-hetero) is 1. The minimum Gasteiger partial charge on any atom is -0.469 e. The van der Waals surface area contributed by atoms with E-state index in [2.05, 4.69) is 25.4 Å². The van der Waals surface area contributed by atoms with Crippen LogP contribution in [-0.4, -0.2) is 31.9 Å². The Balaban J connectivity index is 0.00000151. The molecular formula is C19H25BrO5. The average Bonchev–Trinajstić information content (AvgIpc) is 2.91. The Morgan fingerprint density at radius 2 is 1.60 bits per heavy atom. The van der Waals surface area contributed by atoms with Gasteiger partial charge in [0.2, 0.25) is 0 Å². The molecule has 1 aliphatic rings. The maximum atomic E-state index is 12.9. The normalized spacial score (nSPS) is 14.2. The van der Waals surface area contributed by atoms with Gasteiger partial charge in [-0.2, -0.15) is 0 Å². The highest BCUT2D eigenvalue weighted by molar-refractivity contribution is 9.10. The predicted molar refractivity (Wildman–Crippen MR) is 98.5 cm³/mol. The third-order valence-corrected chi connectivity index (χ3v) is 4.89. The van der Waals surface area contributed by atoms with Crippen molar-refractivity contribution < 1.29 is 23.9 Å². The van der Waals surface area contributed by atoms with E-state index in [-0.39, 0.29) is 30.6 Å². The first-order chi connectivity index (χ1) is 11.9. The largest absolute Gasteiger partial charge is 0.469 e. The van der Waals surface area contributed by atoms with Crippen LogP contribution in [0.25, 0.3) is 0 Å². The Morgan fingerprint density at radius 1 is 1.08 bits per heavy atom. The van der Waals surface area contributed by atoms with Gasteiger partial charge in [-0.25, -0.2) is 0 Å². The van der Waals surface area contributed by atoms with Gasteiger partial charge in [-0.15, -0.1) is 0 Å². The summed E-state index contributed by atoms with van der Waals surface area (Å²) in [6.45, 7) is 4.00. The van der Waals surface area contributed by atoms with Gasteiger partial charge in [-0.1, -0.05) is 35.8 Å². The summed E-state index contributed by atoms with van der Waals surface area (Å²) in [4.78, 5) is 36.0. The number of fused-ring (bicyclic) bond motifs is 1. The van der Waals surface area contributed by atoms with E-state index in [1.165, 1.54) is 14.2 Å². The molecule has 5 nitrogen and oxygen atoms in total. The Labute approximate surface area is 157 Å². The second-order valence-electron chi connectivity index (χ2n) is 5.74. The van der Waals surface area contributed by atoms with Gasteiger partial charge in [-0.05, 0) is 37.0 Å². The Kier molecular flexibility index (Phi) is 8.29. The lowest BCUT2D eigenvalue weighted by molar-refractivity contribution is -0.141. The number of hydrogen-bond acceptors (Lipinski definition) is 5. The van der Waals surface area contributed by atoms with Gasteiger partial charge in [0.1, 0.15) is 0 Å². The van der Waals surface area contributed by atoms with E-state index in [4.69, 9.17) is 0 Å². The van der Waals surface area contributed by atoms with Crippen LogP contribution in [0.3, 0.4) is 0 Å². The summed E-state index contributed by atoms with van der Waals surface area (Å²) in [6, 6.07) is 5.61. The standard InChI is InChI=1S/C17H19BrO5.C2H6/c1-22-14(19)5-7-17(8-6-15(20)23-2)10-11-3-4-12(18)9-13(11)16(17)21;1-2/h3-4,9H,5-8,10H2,1-2H3;1-2H3. The fourth-order valence-electron chi connectivity index (χ4n) is 3.06. The molecule has 0 bridgehead atoms. The zero-order chi connectivity index (χ0) is 19.0. The molecule has 0 heterocycles. The highest BCUT2D eigenvalue weighted by Crippen LogP contribution is 2.44. The molecule has 0 N–H and O–H groups in total. The topological polar surface area (TPSA) is 69.7 Å². The minimum absolute atomic E-state index is 0.0124. The van der Waals surface area contributed by atoms with Crippen LogP contribution in [0.1, 0.15) is 55.5 Å². The number of carbonyl (C=O) groups excluding carboxylic acids is 3. The van der Waals surface area contributed by atoms with Crippen molar-refractivity contribution >= 4 is 33.7 Å². The van der Waals surface area contributed by atoms with Gasteiger partial charge in [0, 0.05) is 28.3 Å². The lowest BCUT2D eigenvalue weighted by Gasteiger charge is -2.26. The zero-order valence-electron chi connectivity index (χ0n) is 15.2. The summed E-state index contributed by atoms with van der Waals surface area (Å²) in [6.07, 6.45) is 1.56. The summed E-state index contributed by atoms with van der Waals surface area (Å²) in [7, 11) is 2.65. The average molecular weight is 413 g/mol. The van der Waals surface area contributed by atoms with Crippen molar-refractivity contribution in [2.45, 2.75) is 46.0 Å². The number of rotatable bonds is 6. The lowest BCUT2D eigenvalue weighted by Crippen LogP contribution is -2.30. The van der Waals surface area contributed by atoms with Crippen LogP contribution in [0.5, 0.6) is 0 Å². The molecule has 2 rings (SSSR count). The maximum absolute atomic E-state index is 12.9. The van der Waals surface area contributed by atoms with Crippen molar-refractivity contribution in [1.29, 1.82) is 0 Å². The van der Waals surface area contributed by atoms with Crippen molar-refractivity contribution in [3.8, 4) is 0 Å². The summed E-state index contributed by atoms with van der Waals surface area (Å²) in [5.41, 5.74) is 0.868. The maximum Gasteiger partial charge on any atom is 0.305 e. The van der Waals surface area contributed by atoms with E-state index in [0.717, 1.165) is 10.0 Å². The SMILES string of the molecule is CC.COC(=O)CCC1(CCC(=O)OC)Cc2ccc(Br)cc2C1=O. The molecule has 1 aliphatic carbocycles. The van der Waals surface area contributed by atoms with Crippen molar-refractivity contribution in [1.82, 2.24) is 0 Å².